The Bertz CT molecular complexity index is 721. The zero-order valence-electron chi connectivity index (χ0n) is 10.1. The Morgan fingerprint density at radius 1 is 1.11 bits per heavy atom. The van der Waals surface area contributed by atoms with Gasteiger partial charge in [-0.3, -0.25) is 0 Å². The van der Waals surface area contributed by atoms with E-state index in [2.05, 4.69) is 4.98 Å². The van der Waals surface area contributed by atoms with Gasteiger partial charge in [-0.1, -0.05) is 18.2 Å². The number of phenolic OH excluding ortho intramolecular Hbond substituents is 1. The molecule has 3 aromatic rings. The highest BCUT2D eigenvalue weighted by atomic mass is 19.1. The number of benzene rings is 2. The number of hydrogen-bond donors (Lipinski definition) is 2. The number of aromatic amines is 1. The average molecular weight is 257 g/mol. The lowest BCUT2D eigenvalue weighted by atomic mass is 10.2. The molecule has 0 bridgehead atoms. The SMILES string of the molecule is Oc1cccc2cc(COc3cccc(F)c3)[nH]c12. The molecule has 4 heteroatoms. The molecule has 1 heterocycles. The van der Waals surface area contributed by atoms with Crippen LogP contribution in [-0.4, -0.2) is 10.1 Å². The Hall–Kier alpha value is -2.49. The van der Waals surface area contributed by atoms with Crippen molar-refractivity contribution >= 4 is 10.9 Å². The quantitative estimate of drug-likeness (QED) is 0.753. The van der Waals surface area contributed by atoms with Crippen LogP contribution in [0.1, 0.15) is 5.69 Å². The van der Waals surface area contributed by atoms with Gasteiger partial charge >= 0.3 is 0 Å². The van der Waals surface area contributed by atoms with Gasteiger partial charge in [0.05, 0.1) is 11.2 Å². The second-order valence-electron chi connectivity index (χ2n) is 4.28. The van der Waals surface area contributed by atoms with Crippen LogP contribution in [0.15, 0.2) is 48.5 Å². The van der Waals surface area contributed by atoms with E-state index in [0.29, 0.717) is 11.3 Å². The van der Waals surface area contributed by atoms with Crippen molar-refractivity contribution in [2.45, 2.75) is 6.61 Å². The molecule has 0 aliphatic heterocycles. The number of phenols is 1. The molecule has 0 unspecified atom stereocenters. The molecule has 19 heavy (non-hydrogen) atoms. The fourth-order valence-corrected chi connectivity index (χ4v) is 1.99. The van der Waals surface area contributed by atoms with Crippen molar-refractivity contribution in [3.8, 4) is 11.5 Å². The Kier molecular flexibility index (Phi) is 2.83. The lowest BCUT2D eigenvalue weighted by molar-refractivity contribution is 0.300. The maximum absolute atomic E-state index is 13.0. The fraction of sp³-hybridized carbons (Fsp3) is 0.0667. The summed E-state index contributed by atoms with van der Waals surface area (Å²) in [5, 5.41) is 10.6. The van der Waals surface area contributed by atoms with E-state index >= 15 is 0 Å². The van der Waals surface area contributed by atoms with Crippen LogP contribution in [0.3, 0.4) is 0 Å². The third-order valence-electron chi connectivity index (χ3n) is 2.88. The van der Waals surface area contributed by atoms with Crippen LogP contribution in [0, 0.1) is 5.82 Å². The highest BCUT2D eigenvalue weighted by Gasteiger charge is 2.05. The third kappa shape index (κ3) is 2.38. The molecular weight excluding hydrogens is 245 g/mol. The Balaban J connectivity index is 1.80. The summed E-state index contributed by atoms with van der Waals surface area (Å²) in [6, 6.07) is 13.2. The van der Waals surface area contributed by atoms with Crippen LogP contribution in [0.4, 0.5) is 4.39 Å². The van der Waals surface area contributed by atoms with Crippen LogP contribution < -0.4 is 4.74 Å². The minimum absolute atomic E-state index is 0.203. The first kappa shape index (κ1) is 11.6. The molecule has 0 aliphatic carbocycles. The van der Waals surface area contributed by atoms with Crippen molar-refractivity contribution in [3.05, 3.63) is 60.0 Å². The van der Waals surface area contributed by atoms with Crippen molar-refractivity contribution in [3.63, 3.8) is 0 Å². The molecule has 0 spiro atoms. The molecule has 0 atom stereocenters. The van der Waals surface area contributed by atoms with Gasteiger partial charge in [-0.05, 0) is 24.3 Å². The smallest absolute Gasteiger partial charge is 0.139 e. The molecule has 96 valence electrons. The van der Waals surface area contributed by atoms with Crippen molar-refractivity contribution in [1.82, 2.24) is 4.98 Å². The van der Waals surface area contributed by atoms with Gasteiger partial charge in [0.25, 0.3) is 0 Å². The maximum Gasteiger partial charge on any atom is 0.139 e. The second-order valence-corrected chi connectivity index (χ2v) is 4.28. The topological polar surface area (TPSA) is 45.2 Å². The Morgan fingerprint density at radius 2 is 1.95 bits per heavy atom. The molecule has 0 radical (unpaired) electrons. The van der Waals surface area contributed by atoms with Crippen molar-refractivity contribution in [1.29, 1.82) is 0 Å². The Morgan fingerprint density at radius 3 is 2.74 bits per heavy atom. The van der Waals surface area contributed by atoms with Gasteiger partial charge in [0.15, 0.2) is 0 Å². The highest BCUT2D eigenvalue weighted by molar-refractivity contribution is 5.85. The summed E-state index contributed by atoms with van der Waals surface area (Å²) >= 11 is 0. The van der Waals surface area contributed by atoms with E-state index in [9.17, 15) is 9.50 Å². The molecule has 1 aromatic heterocycles. The number of nitrogens with one attached hydrogen (secondary N) is 1. The number of hydrogen-bond acceptors (Lipinski definition) is 2. The lowest BCUT2D eigenvalue weighted by Gasteiger charge is -2.04. The summed E-state index contributed by atoms with van der Waals surface area (Å²) < 4.78 is 18.5. The summed E-state index contributed by atoms with van der Waals surface area (Å²) in [6.45, 7) is 0.289. The molecule has 2 aromatic carbocycles. The number of H-pyrrole nitrogens is 1. The zero-order valence-corrected chi connectivity index (χ0v) is 10.1. The van der Waals surface area contributed by atoms with E-state index in [4.69, 9.17) is 4.74 Å². The molecule has 0 saturated heterocycles. The Labute approximate surface area is 109 Å². The average Bonchev–Trinajstić information content (AvgIpc) is 2.81. The summed E-state index contributed by atoms with van der Waals surface area (Å²) in [5.74, 6) is 0.351. The lowest BCUT2D eigenvalue weighted by Crippen LogP contribution is -1.95. The molecule has 3 nitrogen and oxygen atoms in total. The van der Waals surface area contributed by atoms with Crippen LogP contribution in [0.2, 0.25) is 0 Å². The molecular formula is C15H12FNO2. The molecule has 0 fully saturated rings. The summed E-state index contributed by atoms with van der Waals surface area (Å²) in [6.07, 6.45) is 0. The molecule has 0 aliphatic rings. The van der Waals surface area contributed by atoms with Gasteiger partial charge in [0.1, 0.15) is 23.9 Å². The van der Waals surface area contributed by atoms with Crippen LogP contribution in [-0.2, 0) is 6.61 Å². The van der Waals surface area contributed by atoms with E-state index < -0.39 is 0 Å². The standard InChI is InChI=1S/C15H12FNO2/c16-11-4-2-5-13(8-11)19-9-12-7-10-3-1-6-14(18)15(10)17-12/h1-8,17-18H,9H2. The van der Waals surface area contributed by atoms with E-state index in [-0.39, 0.29) is 18.2 Å². The predicted octanol–water partition coefficient (Wildman–Crippen LogP) is 3.59. The van der Waals surface area contributed by atoms with E-state index in [1.165, 1.54) is 12.1 Å². The van der Waals surface area contributed by atoms with Gasteiger partial charge in [-0.15, -0.1) is 0 Å². The van der Waals surface area contributed by atoms with Gasteiger partial charge in [-0.2, -0.15) is 0 Å². The van der Waals surface area contributed by atoms with Crippen LogP contribution >= 0.6 is 0 Å². The largest absolute Gasteiger partial charge is 0.506 e. The first-order valence-electron chi connectivity index (χ1n) is 5.90. The molecule has 0 saturated carbocycles. The normalized spacial score (nSPS) is 10.8. The fourth-order valence-electron chi connectivity index (χ4n) is 1.99. The minimum atomic E-state index is -0.327. The highest BCUT2D eigenvalue weighted by Crippen LogP contribution is 2.24. The van der Waals surface area contributed by atoms with E-state index in [0.717, 1.165) is 11.1 Å². The number of aromatic hydroxyl groups is 1. The molecule has 3 rings (SSSR count). The van der Waals surface area contributed by atoms with Crippen molar-refractivity contribution in [2.75, 3.05) is 0 Å². The number of aromatic nitrogens is 1. The number of halogens is 1. The zero-order chi connectivity index (χ0) is 13.2. The van der Waals surface area contributed by atoms with E-state index in [1.807, 2.05) is 12.1 Å². The number of rotatable bonds is 3. The van der Waals surface area contributed by atoms with Gasteiger partial charge in [0.2, 0.25) is 0 Å². The number of fused-ring (bicyclic) bond motifs is 1. The maximum atomic E-state index is 13.0. The first-order valence-corrected chi connectivity index (χ1v) is 5.90. The van der Waals surface area contributed by atoms with E-state index in [1.54, 1.807) is 24.3 Å². The number of ether oxygens (including phenoxy) is 1. The second kappa shape index (κ2) is 4.65. The molecule has 2 N–H and O–H groups in total. The third-order valence-corrected chi connectivity index (χ3v) is 2.88. The van der Waals surface area contributed by atoms with Crippen LogP contribution in [0.5, 0.6) is 11.5 Å². The van der Waals surface area contributed by atoms with Crippen molar-refractivity contribution in [2.24, 2.45) is 0 Å². The minimum Gasteiger partial charge on any atom is -0.506 e. The van der Waals surface area contributed by atoms with Gasteiger partial charge in [-0.25, -0.2) is 4.39 Å². The number of para-hydroxylation sites is 1. The summed E-state index contributed by atoms with van der Waals surface area (Å²) in [5.41, 5.74) is 1.50. The first-order chi connectivity index (χ1) is 9.22. The summed E-state index contributed by atoms with van der Waals surface area (Å²) in [7, 11) is 0. The predicted molar refractivity (Wildman–Crippen MR) is 70.7 cm³/mol. The monoisotopic (exact) mass is 257 g/mol. The van der Waals surface area contributed by atoms with Gasteiger partial charge in [0, 0.05) is 11.5 Å². The van der Waals surface area contributed by atoms with Gasteiger partial charge < -0.3 is 14.8 Å². The van der Waals surface area contributed by atoms with Crippen LogP contribution in [0.25, 0.3) is 10.9 Å². The van der Waals surface area contributed by atoms with Crippen molar-refractivity contribution < 1.29 is 14.2 Å². The molecule has 0 amide bonds. The summed E-state index contributed by atoms with van der Waals surface area (Å²) in [4.78, 5) is 3.08.